The first-order chi connectivity index (χ1) is 11.9. The summed E-state index contributed by atoms with van der Waals surface area (Å²) in [4.78, 5) is 26.0. The quantitative estimate of drug-likeness (QED) is 0.496. The monoisotopic (exact) mass is 369 g/mol. The molecular weight excluding hydrogens is 354 g/mol. The van der Waals surface area contributed by atoms with Gasteiger partial charge in [0.1, 0.15) is 5.75 Å². The van der Waals surface area contributed by atoms with Gasteiger partial charge in [0.2, 0.25) is 0 Å². The molecule has 1 saturated heterocycles. The van der Waals surface area contributed by atoms with Crippen LogP contribution in [0.25, 0.3) is 6.08 Å². The number of thioether (sulfide) groups is 1. The van der Waals surface area contributed by atoms with E-state index in [4.69, 9.17) is 12.2 Å². The number of aryl methyl sites for hydroxylation is 1. The molecule has 1 aliphatic heterocycles. The lowest BCUT2D eigenvalue weighted by Crippen LogP contribution is -2.27. The molecule has 126 valence electrons. The number of hydrogen-bond donors (Lipinski definition) is 1. The van der Waals surface area contributed by atoms with Crippen LogP contribution in [-0.4, -0.2) is 21.1 Å². The zero-order chi connectivity index (χ0) is 18.1. The minimum atomic E-state index is -0.226. The predicted molar refractivity (Wildman–Crippen MR) is 105 cm³/mol. The summed E-state index contributed by atoms with van der Waals surface area (Å²) in [7, 11) is 0. The highest BCUT2D eigenvalue weighted by atomic mass is 32.2. The number of carbonyl (C=O) groups excluding carboxylic acids is 2. The van der Waals surface area contributed by atoms with E-state index in [0.717, 1.165) is 11.3 Å². The maximum atomic E-state index is 12.7. The molecule has 4 nitrogen and oxygen atoms in total. The number of thiocarbonyl (C=S) groups is 1. The first-order valence-electron chi connectivity index (χ1n) is 7.55. The van der Waals surface area contributed by atoms with Gasteiger partial charge >= 0.3 is 0 Å². The topological polar surface area (TPSA) is 57.6 Å². The number of Topliss-reactive ketones (excluding diaryl/α,β-unsaturated/α-hetero) is 1. The number of hydrogen-bond acceptors (Lipinski definition) is 5. The summed E-state index contributed by atoms with van der Waals surface area (Å²) in [6.07, 6.45) is 1.59. The van der Waals surface area contributed by atoms with Crippen molar-refractivity contribution < 1.29 is 14.7 Å². The largest absolute Gasteiger partial charge is 0.507 e. The highest BCUT2D eigenvalue weighted by Gasteiger charge is 2.33. The average molecular weight is 369 g/mol. The Labute approximate surface area is 155 Å². The summed E-state index contributed by atoms with van der Waals surface area (Å²) in [6.45, 7) is 3.38. The molecule has 1 heterocycles. The van der Waals surface area contributed by atoms with E-state index in [-0.39, 0.29) is 17.4 Å². The lowest BCUT2D eigenvalue weighted by molar-refractivity contribution is -0.113. The number of ketones is 1. The second-order valence-electron chi connectivity index (χ2n) is 5.69. The van der Waals surface area contributed by atoms with Crippen LogP contribution in [-0.2, 0) is 4.79 Å². The Hall–Kier alpha value is -2.44. The summed E-state index contributed by atoms with van der Waals surface area (Å²) >= 11 is 6.53. The fourth-order valence-electron chi connectivity index (χ4n) is 2.48. The normalized spacial score (nSPS) is 15.9. The summed E-state index contributed by atoms with van der Waals surface area (Å²) in [5.74, 6) is -0.406. The van der Waals surface area contributed by atoms with E-state index >= 15 is 0 Å². The maximum Gasteiger partial charge on any atom is 0.270 e. The smallest absolute Gasteiger partial charge is 0.270 e. The van der Waals surface area contributed by atoms with Crippen LogP contribution in [0.15, 0.2) is 47.4 Å². The van der Waals surface area contributed by atoms with Crippen molar-refractivity contribution in [1.29, 1.82) is 0 Å². The van der Waals surface area contributed by atoms with Crippen molar-refractivity contribution in [3.63, 3.8) is 0 Å². The summed E-state index contributed by atoms with van der Waals surface area (Å²) in [5.41, 5.74) is 2.65. The third kappa shape index (κ3) is 3.50. The molecule has 0 aliphatic carbocycles. The van der Waals surface area contributed by atoms with Gasteiger partial charge in [-0.3, -0.25) is 14.5 Å². The number of phenolic OH excluding ortho intramolecular Hbond substituents is 1. The van der Waals surface area contributed by atoms with E-state index in [0.29, 0.717) is 20.4 Å². The second kappa shape index (κ2) is 6.82. The van der Waals surface area contributed by atoms with Gasteiger partial charge in [0.05, 0.1) is 10.6 Å². The molecule has 1 amide bonds. The van der Waals surface area contributed by atoms with Crippen LogP contribution in [0, 0.1) is 6.92 Å². The van der Waals surface area contributed by atoms with Crippen molar-refractivity contribution in [2.24, 2.45) is 0 Å². The molecule has 0 radical (unpaired) electrons. The first kappa shape index (κ1) is 17.4. The molecule has 0 saturated carbocycles. The zero-order valence-electron chi connectivity index (χ0n) is 13.6. The molecule has 0 aromatic heterocycles. The summed E-state index contributed by atoms with van der Waals surface area (Å²) in [6, 6.07) is 12.2. The van der Waals surface area contributed by atoms with Crippen LogP contribution >= 0.6 is 24.0 Å². The van der Waals surface area contributed by atoms with Crippen LogP contribution in [0.4, 0.5) is 5.69 Å². The Morgan fingerprint density at radius 2 is 2.00 bits per heavy atom. The van der Waals surface area contributed by atoms with Gasteiger partial charge in [0.15, 0.2) is 10.1 Å². The van der Waals surface area contributed by atoms with Crippen molar-refractivity contribution in [3.05, 3.63) is 64.1 Å². The third-order valence-corrected chi connectivity index (χ3v) is 5.08. The van der Waals surface area contributed by atoms with Gasteiger partial charge in [0, 0.05) is 11.1 Å². The summed E-state index contributed by atoms with van der Waals surface area (Å²) < 4.78 is 0.446. The maximum absolute atomic E-state index is 12.7. The van der Waals surface area contributed by atoms with Crippen LogP contribution in [0.1, 0.15) is 28.4 Å². The van der Waals surface area contributed by atoms with Crippen LogP contribution < -0.4 is 4.90 Å². The van der Waals surface area contributed by atoms with Gasteiger partial charge < -0.3 is 5.11 Å². The molecule has 25 heavy (non-hydrogen) atoms. The Morgan fingerprint density at radius 1 is 1.24 bits per heavy atom. The number of benzene rings is 2. The van der Waals surface area contributed by atoms with Crippen molar-refractivity contribution in [2.45, 2.75) is 13.8 Å². The Balaban J connectivity index is 1.94. The van der Waals surface area contributed by atoms with Crippen molar-refractivity contribution in [2.75, 3.05) is 4.90 Å². The lowest BCUT2D eigenvalue weighted by Gasteiger charge is -2.14. The summed E-state index contributed by atoms with van der Waals surface area (Å²) in [5, 5.41) is 10.1. The highest BCUT2D eigenvalue weighted by molar-refractivity contribution is 8.27. The number of anilines is 1. The molecule has 2 aromatic carbocycles. The molecule has 0 atom stereocenters. The molecule has 1 aliphatic rings. The molecule has 0 unspecified atom stereocenters. The van der Waals surface area contributed by atoms with Crippen molar-refractivity contribution >= 4 is 51.8 Å². The Bertz CT molecular complexity index is 934. The van der Waals surface area contributed by atoms with Gasteiger partial charge in [-0.05, 0) is 43.7 Å². The van der Waals surface area contributed by atoms with Crippen LogP contribution in [0.2, 0.25) is 0 Å². The molecule has 2 aromatic rings. The molecule has 3 rings (SSSR count). The Kier molecular flexibility index (Phi) is 4.74. The second-order valence-corrected chi connectivity index (χ2v) is 7.36. The highest BCUT2D eigenvalue weighted by Crippen LogP contribution is 2.37. The van der Waals surface area contributed by atoms with E-state index < -0.39 is 0 Å². The first-order valence-corrected chi connectivity index (χ1v) is 8.78. The van der Waals surface area contributed by atoms with Crippen LogP contribution in [0.3, 0.4) is 0 Å². The minimum Gasteiger partial charge on any atom is -0.507 e. The van der Waals surface area contributed by atoms with Crippen molar-refractivity contribution in [1.82, 2.24) is 0 Å². The predicted octanol–water partition coefficient (Wildman–Crippen LogP) is 4.31. The standard InChI is InChI=1S/C19H15NO3S2/c1-11-4-3-5-15(8-11)20-18(23)17(25-19(20)24)10-14-7-6-13(12(2)21)9-16(14)22/h3-10,22H,1-2H3/b17-10-. The lowest BCUT2D eigenvalue weighted by atomic mass is 10.1. The number of nitrogens with zero attached hydrogens (tertiary/aromatic N) is 1. The number of carbonyl (C=O) groups is 2. The van der Waals surface area contributed by atoms with E-state index in [9.17, 15) is 14.7 Å². The molecule has 1 N–H and O–H groups in total. The van der Waals surface area contributed by atoms with Gasteiger partial charge in [-0.15, -0.1) is 0 Å². The fraction of sp³-hybridized carbons (Fsp3) is 0.105. The number of phenols is 1. The third-order valence-electron chi connectivity index (χ3n) is 3.78. The SMILES string of the molecule is CC(=O)c1ccc(/C=C2\SC(=S)N(c3cccc(C)c3)C2=O)c(O)c1. The zero-order valence-corrected chi connectivity index (χ0v) is 15.3. The van der Waals surface area contributed by atoms with E-state index in [1.807, 2.05) is 31.2 Å². The minimum absolute atomic E-state index is 0.0477. The van der Waals surface area contributed by atoms with Crippen molar-refractivity contribution in [3.8, 4) is 5.75 Å². The van der Waals surface area contributed by atoms with Gasteiger partial charge in [-0.25, -0.2) is 0 Å². The molecule has 0 spiro atoms. The van der Waals surface area contributed by atoms with Gasteiger partial charge in [0.25, 0.3) is 5.91 Å². The average Bonchev–Trinajstić information content (AvgIpc) is 2.83. The number of amides is 1. The van der Waals surface area contributed by atoms with E-state index in [1.165, 1.54) is 29.7 Å². The molecule has 1 fully saturated rings. The molecular formula is C19H15NO3S2. The fourth-order valence-corrected chi connectivity index (χ4v) is 3.77. The van der Waals surface area contributed by atoms with Gasteiger partial charge in [-0.1, -0.05) is 48.2 Å². The van der Waals surface area contributed by atoms with Gasteiger partial charge in [-0.2, -0.15) is 0 Å². The van der Waals surface area contributed by atoms with E-state index in [2.05, 4.69) is 0 Å². The van der Waals surface area contributed by atoms with Crippen LogP contribution in [0.5, 0.6) is 5.75 Å². The number of aromatic hydroxyl groups is 1. The molecule has 6 heteroatoms. The number of rotatable bonds is 3. The van der Waals surface area contributed by atoms with E-state index in [1.54, 1.807) is 18.2 Å². The molecule has 0 bridgehead atoms. The Morgan fingerprint density at radius 3 is 2.64 bits per heavy atom.